The zero-order valence-electron chi connectivity index (χ0n) is 15.4. The molecule has 4 nitrogen and oxygen atoms in total. The van der Waals surface area contributed by atoms with Crippen LogP contribution in [0, 0.1) is 6.92 Å². The van der Waals surface area contributed by atoms with Crippen molar-refractivity contribution in [2.75, 3.05) is 31.1 Å². The van der Waals surface area contributed by atoms with E-state index in [-0.39, 0.29) is 30.7 Å². The number of nitrogens with zero attached hydrogens (tertiary/aromatic N) is 1. The Hall–Kier alpha value is -0.460. The van der Waals surface area contributed by atoms with Crippen LogP contribution in [0.5, 0.6) is 0 Å². The molecule has 1 atom stereocenters. The highest BCUT2D eigenvalue weighted by Gasteiger charge is 2.23. The van der Waals surface area contributed by atoms with Crippen LogP contribution in [0.4, 0.5) is 0 Å². The lowest BCUT2D eigenvalue weighted by Crippen LogP contribution is -2.47. The summed E-state index contributed by atoms with van der Waals surface area (Å²) in [5, 5.41) is 6.68. The van der Waals surface area contributed by atoms with E-state index in [0.717, 1.165) is 50.5 Å². The molecule has 0 bridgehead atoms. The van der Waals surface area contributed by atoms with Crippen LogP contribution in [0.25, 0.3) is 0 Å². The molecule has 1 amide bonds. The first kappa shape index (κ1) is 23.6. The van der Waals surface area contributed by atoms with E-state index in [0.29, 0.717) is 18.5 Å². The molecule has 2 heterocycles. The molecule has 0 aromatic heterocycles. The van der Waals surface area contributed by atoms with Crippen LogP contribution in [0.3, 0.4) is 0 Å². The van der Waals surface area contributed by atoms with Crippen LogP contribution in [-0.4, -0.2) is 54.0 Å². The van der Waals surface area contributed by atoms with E-state index in [1.807, 2.05) is 11.8 Å². The van der Waals surface area contributed by atoms with Crippen molar-refractivity contribution < 1.29 is 4.79 Å². The van der Waals surface area contributed by atoms with Crippen LogP contribution in [0.2, 0.25) is 0 Å². The summed E-state index contributed by atoms with van der Waals surface area (Å²) in [7, 11) is 0. The predicted octanol–water partition coefficient (Wildman–Crippen LogP) is 3.01. The lowest BCUT2D eigenvalue weighted by Gasteiger charge is -2.33. The Labute approximate surface area is 174 Å². The minimum atomic E-state index is 0. The smallest absolute Gasteiger partial charge is 0.221 e. The number of aryl methyl sites for hydroxylation is 1. The SMILES string of the molecule is Cc1ccccc1CN1CCC(NC(=O)CC2CSCCN2)CC1.Cl.Cl. The lowest BCUT2D eigenvalue weighted by molar-refractivity contribution is -0.122. The third-order valence-electron chi connectivity index (χ3n) is 5.04. The van der Waals surface area contributed by atoms with Crippen molar-refractivity contribution >= 4 is 42.5 Å². The number of amides is 1. The van der Waals surface area contributed by atoms with Gasteiger partial charge in [-0.1, -0.05) is 24.3 Å². The molecule has 1 aromatic rings. The molecule has 0 radical (unpaired) electrons. The molecule has 1 unspecified atom stereocenters. The summed E-state index contributed by atoms with van der Waals surface area (Å²) in [6, 6.07) is 9.32. The Morgan fingerprint density at radius 2 is 2.00 bits per heavy atom. The van der Waals surface area contributed by atoms with Crippen molar-refractivity contribution in [1.29, 1.82) is 0 Å². The van der Waals surface area contributed by atoms with Gasteiger partial charge in [0, 0.05) is 56.2 Å². The average molecular weight is 420 g/mol. The maximum atomic E-state index is 12.2. The maximum Gasteiger partial charge on any atom is 0.221 e. The van der Waals surface area contributed by atoms with Gasteiger partial charge in [0.1, 0.15) is 0 Å². The van der Waals surface area contributed by atoms with E-state index >= 15 is 0 Å². The first-order chi connectivity index (χ1) is 11.7. The zero-order chi connectivity index (χ0) is 16.8. The first-order valence-corrected chi connectivity index (χ1v) is 10.2. The quantitative estimate of drug-likeness (QED) is 0.769. The Morgan fingerprint density at radius 3 is 2.65 bits per heavy atom. The van der Waals surface area contributed by atoms with Gasteiger partial charge in [-0.05, 0) is 30.9 Å². The van der Waals surface area contributed by atoms with Crippen LogP contribution < -0.4 is 10.6 Å². The van der Waals surface area contributed by atoms with Gasteiger partial charge in [0.25, 0.3) is 0 Å². The van der Waals surface area contributed by atoms with Crippen molar-refractivity contribution in [3.8, 4) is 0 Å². The van der Waals surface area contributed by atoms with E-state index in [1.54, 1.807) is 0 Å². The fourth-order valence-electron chi connectivity index (χ4n) is 3.53. The van der Waals surface area contributed by atoms with Crippen molar-refractivity contribution in [3.05, 3.63) is 35.4 Å². The minimum absolute atomic E-state index is 0. The number of rotatable bonds is 5. The fourth-order valence-corrected chi connectivity index (χ4v) is 4.47. The van der Waals surface area contributed by atoms with Gasteiger partial charge in [0.15, 0.2) is 0 Å². The molecule has 2 saturated heterocycles. The standard InChI is InChI=1S/C19H29N3OS.2ClH/c1-15-4-2-3-5-16(15)13-22-9-6-17(7-10-22)21-19(23)12-18-14-24-11-8-20-18;;/h2-5,17-18,20H,6-14H2,1H3,(H,21,23);2*1H. The molecule has 2 aliphatic heterocycles. The number of carbonyl (C=O) groups excluding carboxylic acids is 1. The fraction of sp³-hybridized carbons (Fsp3) is 0.632. The maximum absolute atomic E-state index is 12.2. The molecule has 0 spiro atoms. The molecule has 26 heavy (non-hydrogen) atoms. The molecular formula is C19H31Cl2N3OS. The highest BCUT2D eigenvalue weighted by molar-refractivity contribution is 7.99. The number of piperidine rings is 1. The topological polar surface area (TPSA) is 44.4 Å². The highest BCUT2D eigenvalue weighted by Crippen LogP contribution is 2.16. The second-order valence-electron chi connectivity index (χ2n) is 6.97. The summed E-state index contributed by atoms with van der Waals surface area (Å²) in [4.78, 5) is 14.7. The number of hydrogen-bond acceptors (Lipinski definition) is 4. The van der Waals surface area contributed by atoms with Crippen molar-refractivity contribution in [2.24, 2.45) is 0 Å². The van der Waals surface area contributed by atoms with E-state index in [9.17, 15) is 4.79 Å². The van der Waals surface area contributed by atoms with Crippen LogP contribution in [-0.2, 0) is 11.3 Å². The summed E-state index contributed by atoms with van der Waals surface area (Å²) in [5.74, 6) is 2.44. The third-order valence-corrected chi connectivity index (χ3v) is 6.17. The third kappa shape index (κ3) is 7.28. The Kier molecular flexibility index (Phi) is 11.0. The second kappa shape index (κ2) is 12.1. The van der Waals surface area contributed by atoms with Gasteiger partial charge in [0.05, 0.1) is 0 Å². The van der Waals surface area contributed by atoms with Gasteiger partial charge < -0.3 is 10.6 Å². The van der Waals surface area contributed by atoms with E-state index in [4.69, 9.17) is 0 Å². The minimum Gasteiger partial charge on any atom is -0.353 e. The van der Waals surface area contributed by atoms with E-state index < -0.39 is 0 Å². The molecule has 2 aliphatic rings. The molecule has 0 saturated carbocycles. The number of halogens is 2. The summed E-state index contributed by atoms with van der Waals surface area (Å²) in [5.41, 5.74) is 2.78. The van der Waals surface area contributed by atoms with Gasteiger partial charge in [-0.3, -0.25) is 9.69 Å². The molecule has 2 N–H and O–H groups in total. The zero-order valence-corrected chi connectivity index (χ0v) is 17.9. The first-order valence-electron chi connectivity index (χ1n) is 9.08. The van der Waals surface area contributed by atoms with Gasteiger partial charge in [-0.25, -0.2) is 0 Å². The number of likely N-dealkylation sites (tertiary alicyclic amines) is 1. The number of nitrogens with one attached hydrogen (secondary N) is 2. The van der Waals surface area contributed by atoms with Gasteiger partial charge in [-0.2, -0.15) is 11.8 Å². The molecule has 2 fully saturated rings. The summed E-state index contributed by atoms with van der Waals surface area (Å²) >= 11 is 1.94. The largest absolute Gasteiger partial charge is 0.353 e. The lowest BCUT2D eigenvalue weighted by atomic mass is 10.0. The second-order valence-corrected chi connectivity index (χ2v) is 8.12. The molecular weight excluding hydrogens is 389 g/mol. The van der Waals surface area contributed by atoms with Crippen molar-refractivity contribution in [2.45, 2.75) is 44.8 Å². The predicted molar refractivity (Wildman–Crippen MR) is 116 cm³/mol. The van der Waals surface area contributed by atoms with Crippen LogP contribution in [0.15, 0.2) is 24.3 Å². The number of hydrogen-bond donors (Lipinski definition) is 2. The van der Waals surface area contributed by atoms with E-state index in [2.05, 4.69) is 46.7 Å². The Bertz CT molecular complexity index is 547. The van der Waals surface area contributed by atoms with Crippen LogP contribution in [0.1, 0.15) is 30.4 Å². The Balaban J connectivity index is 0.00000169. The van der Waals surface area contributed by atoms with Gasteiger partial charge >= 0.3 is 0 Å². The number of carbonyl (C=O) groups is 1. The van der Waals surface area contributed by atoms with Crippen molar-refractivity contribution in [1.82, 2.24) is 15.5 Å². The highest BCUT2D eigenvalue weighted by atomic mass is 35.5. The average Bonchev–Trinajstić information content (AvgIpc) is 2.59. The molecule has 1 aromatic carbocycles. The summed E-state index contributed by atoms with van der Waals surface area (Å²) in [6.07, 6.45) is 2.74. The van der Waals surface area contributed by atoms with Gasteiger partial charge in [-0.15, -0.1) is 24.8 Å². The van der Waals surface area contributed by atoms with E-state index in [1.165, 1.54) is 11.1 Å². The monoisotopic (exact) mass is 419 g/mol. The summed E-state index contributed by atoms with van der Waals surface area (Å²) in [6.45, 7) is 6.37. The molecule has 148 valence electrons. The van der Waals surface area contributed by atoms with Gasteiger partial charge in [0.2, 0.25) is 5.91 Å². The summed E-state index contributed by atoms with van der Waals surface area (Å²) < 4.78 is 0. The normalized spacial score (nSPS) is 21.3. The molecule has 7 heteroatoms. The molecule has 3 rings (SSSR count). The number of benzene rings is 1. The molecule has 0 aliphatic carbocycles. The number of thioether (sulfide) groups is 1. The van der Waals surface area contributed by atoms with Crippen molar-refractivity contribution in [3.63, 3.8) is 0 Å². The Morgan fingerprint density at radius 1 is 1.27 bits per heavy atom. The van der Waals surface area contributed by atoms with Crippen LogP contribution >= 0.6 is 36.6 Å².